The van der Waals surface area contributed by atoms with Crippen LogP contribution < -0.4 is 4.74 Å². The van der Waals surface area contributed by atoms with E-state index in [1.54, 1.807) is 38.3 Å². The Morgan fingerprint density at radius 3 is 2.28 bits per heavy atom. The van der Waals surface area contributed by atoms with Crippen LogP contribution in [0.5, 0.6) is 5.75 Å². The number of hydrogen-bond donors (Lipinski definition) is 0. The van der Waals surface area contributed by atoms with E-state index in [1.807, 2.05) is 0 Å². The highest BCUT2D eigenvalue weighted by molar-refractivity contribution is 8.12. The summed E-state index contributed by atoms with van der Waals surface area (Å²) >= 11 is 0. The van der Waals surface area contributed by atoms with Crippen molar-refractivity contribution in [3.05, 3.63) is 29.8 Å². The molecule has 0 aromatic heterocycles. The number of β-lactam (4-membered cyclic amide) rings is 1. The van der Waals surface area contributed by atoms with Crippen LogP contribution in [0.4, 0.5) is 0 Å². The standard InChI is InChI=1S/C11H12ClNO4S/c1-11(7-10(14)13(11)18(12,15)16)8-3-5-9(17-2)6-4-8/h3-6H,7H2,1-2H3. The van der Waals surface area contributed by atoms with Gasteiger partial charge < -0.3 is 4.74 Å². The van der Waals surface area contributed by atoms with E-state index in [1.165, 1.54) is 0 Å². The van der Waals surface area contributed by atoms with E-state index in [0.29, 0.717) is 15.6 Å². The molecule has 5 nitrogen and oxygen atoms in total. The highest BCUT2D eigenvalue weighted by atomic mass is 35.7. The Labute approximate surface area is 110 Å². The monoisotopic (exact) mass is 289 g/mol. The SMILES string of the molecule is COc1ccc(C2(C)CC(=O)N2S(=O)(=O)Cl)cc1. The minimum Gasteiger partial charge on any atom is -0.497 e. The topological polar surface area (TPSA) is 63.7 Å². The molecule has 1 saturated heterocycles. The van der Waals surface area contributed by atoms with Crippen LogP contribution in [-0.4, -0.2) is 25.7 Å². The molecule has 0 N–H and O–H groups in total. The molecule has 18 heavy (non-hydrogen) atoms. The van der Waals surface area contributed by atoms with E-state index < -0.39 is 20.7 Å². The summed E-state index contributed by atoms with van der Waals surface area (Å²) in [6.07, 6.45) is 0.116. The van der Waals surface area contributed by atoms with Crippen LogP contribution in [0, 0.1) is 0 Å². The molecule has 1 aliphatic rings. The quantitative estimate of drug-likeness (QED) is 0.627. The molecule has 1 aromatic carbocycles. The number of methoxy groups -OCH3 is 1. The molecule has 0 spiro atoms. The average Bonchev–Trinajstić information content (AvgIpc) is 2.25. The van der Waals surface area contributed by atoms with Gasteiger partial charge in [0.25, 0.3) is 0 Å². The first kappa shape index (κ1) is 13.2. The third-order valence-corrected chi connectivity index (χ3v) is 4.56. The molecule has 1 unspecified atom stereocenters. The van der Waals surface area contributed by atoms with Gasteiger partial charge in [-0.15, -0.1) is 0 Å². The summed E-state index contributed by atoms with van der Waals surface area (Å²) in [5, 5.41) is 0. The van der Waals surface area contributed by atoms with Gasteiger partial charge in [0.05, 0.1) is 19.1 Å². The second kappa shape index (κ2) is 4.13. The van der Waals surface area contributed by atoms with Gasteiger partial charge in [0, 0.05) is 10.7 Å². The van der Waals surface area contributed by atoms with Gasteiger partial charge >= 0.3 is 9.24 Å². The van der Waals surface area contributed by atoms with Crippen molar-refractivity contribution in [1.29, 1.82) is 0 Å². The number of carbonyl (C=O) groups is 1. The molecule has 1 atom stereocenters. The fraction of sp³-hybridized carbons (Fsp3) is 0.364. The maximum absolute atomic E-state index is 11.4. The van der Waals surface area contributed by atoms with E-state index in [2.05, 4.69) is 0 Å². The molecule has 0 bridgehead atoms. The Balaban J connectivity index is 2.40. The molecule has 98 valence electrons. The third kappa shape index (κ3) is 1.95. The summed E-state index contributed by atoms with van der Waals surface area (Å²) in [6, 6.07) is 6.87. The van der Waals surface area contributed by atoms with Crippen LogP contribution in [0.25, 0.3) is 0 Å². The lowest BCUT2D eigenvalue weighted by molar-refractivity contribution is -0.144. The van der Waals surface area contributed by atoms with Gasteiger partial charge in [0.15, 0.2) is 0 Å². The number of nitrogens with zero attached hydrogens (tertiary/aromatic N) is 1. The molecule has 1 amide bonds. The number of amides is 1. The van der Waals surface area contributed by atoms with Gasteiger partial charge in [-0.3, -0.25) is 4.79 Å². The lowest BCUT2D eigenvalue weighted by Gasteiger charge is -2.47. The number of ether oxygens (including phenoxy) is 1. The van der Waals surface area contributed by atoms with Crippen molar-refractivity contribution in [2.45, 2.75) is 18.9 Å². The van der Waals surface area contributed by atoms with Crippen molar-refractivity contribution < 1.29 is 17.9 Å². The first-order chi connectivity index (χ1) is 8.29. The Morgan fingerprint density at radius 1 is 1.33 bits per heavy atom. The van der Waals surface area contributed by atoms with Gasteiger partial charge in [0.1, 0.15) is 5.75 Å². The second-order valence-electron chi connectivity index (χ2n) is 4.28. The zero-order valence-corrected chi connectivity index (χ0v) is 11.5. The van der Waals surface area contributed by atoms with E-state index in [4.69, 9.17) is 15.4 Å². The van der Waals surface area contributed by atoms with E-state index in [-0.39, 0.29) is 6.42 Å². The molecule has 1 aromatic rings. The van der Waals surface area contributed by atoms with Crippen molar-refractivity contribution >= 4 is 25.8 Å². The summed E-state index contributed by atoms with van der Waals surface area (Å²) in [4.78, 5) is 11.4. The smallest absolute Gasteiger partial charge is 0.324 e. The first-order valence-corrected chi connectivity index (χ1v) is 7.48. The molecule has 1 aliphatic heterocycles. The van der Waals surface area contributed by atoms with Gasteiger partial charge in [-0.05, 0) is 24.6 Å². The predicted octanol–water partition coefficient (Wildman–Crippen LogP) is 1.63. The maximum Gasteiger partial charge on any atom is 0.324 e. The molecule has 2 rings (SSSR count). The van der Waals surface area contributed by atoms with E-state index in [0.717, 1.165) is 0 Å². The highest BCUT2D eigenvalue weighted by Crippen LogP contribution is 2.44. The van der Waals surface area contributed by atoms with Crippen molar-refractivity contribution in [2.75, 3.05) is 7.11 Å². The summed E-state index contributed by atoms with van der Waals surface area (Å²) in [7, 11) is 2.75. The summed E-state index contributed by atoms with van der Waals surface area (Å²) in [5.74, 6) is 0.164. The molecule has 0 saturated carbocycles. The van der Waals surface area contributed by atoms with Crippen LogP contribution in [0.3, 0.4) is 0 Å². The Kier molecular flexibility index (Phi) is 3.03. The van der Waals surface area contributed by atoms with Crippen molar-refractivity contribution in [3.8, 4) is 5.75 Å². The molecular weight excluding hydrogens is 278 g/mol. The Morgan fingerprint density at radius 2 is 1.89 bits per heavy atom. The zero-order valence-electron chi connectivity index (χ0n) is 9.88. The molecule has 1 fully saturated rings. The number of rotatable bonds is 3. The molecule has 0 aliphatic carbocycles. The Bertz CT molecular complexity index is 584. The summed E-state index contributed by atoms with van der Waals surface area (Å²) in [5.41, 5.74) is -0.212. The van der Waals surface area contributed by atoms with Gasteiger partial charge in [-0.25, -0.2) is 4.31 Å². The van der Waals surface area contributed by atoms with Gasteiger partial charge in [-0.1, -0.05) is 12.1 Å². The number of carbonyl (C=O) groups excluding carboxylic acids is 1. The fourth-order valence-corrected chi connectivity index (χ4v) is 3.80. The molecule has 7 heteroatoms. The number of benzene rings is 1. The minimum absolute atomic E-state index is 0.116. The summed E-state index contributed by atoms with van der Waals surface area (Å²) in [6.45, 7) is 1.66. The van der Waals surface area contributed by atoms with Gasteiger partial charge in [-0.2, -0.15) is 8.42 Å². The minimum atomic E-state index is -4.06. The van der Waals surface area contributed by atoms with Crippen LogP contribution in [0.1, 0.15) is 18.9 Å². The molecular formula is C11H12ClNO4S. The molecule has 0 radical (unpaired) electrons. The summed E-state index contributed by atoms with van der Waals surface area (Å²) < 4.78 is 28.5. The first-order valence-electron chi connectivity index (χ1n) is 5.21. The second-order valence-corrected chi connectivity index (χ2v) is 6.64. The number of hydrogen-bond acceptors (Lipinski definition) is 4. The van der Waals surface area contributed by atoms with Crippen molar-refractivity contribution in [3.63, 3.8) is 0 Å². The highest BCUT2D eigenvalue weighted by Gasteiger charge is 2.54. The van der Waals surface area contributed by atoms with Crippen LogP contribution in [0.15, 0.2) is 24.3 Å². The average molecular weight is 290 g/mol. The fourth-order valence-electron chi connectivity index (χ4n) is 2.15. The number of halogens is 1. The maximum atomic E-state index is 11.4. The van der Waals surface area contributed by atoms with Crippen LogP contribution >= 0.6 is 10.7 Å². The van der Waals surface area contributed by atoms with Crippen LogP contribution in [0.2, 0.25) is 0 Å². The van der Waals surface area contributed by atoms with Crippen molar-refractivity contribution in [1.82, 2.24) is 4.31 Å². The lowest BCUT2D eigenvalue weighted by atomic mass is 9.82. The van der Waals surface area contributed by atoms with E-state index in [9.17, 15) is 13.2 Å². The van der Waals surface area contributed by atoms with E-state index >= 15 is 0 Å². The normalized spacial score (nSPS) is 23.7. The van der Waals surface area contributed by atoms with Gasteiger partial charge in [0.2, 0.25) is 5.91 Å². The zero-order chi connectivity index (χ0) is 13.6. The predicted molar refractivity (Wildman–Crippen MR) is 66.6 cm³/mol. The van der Waals surface area contributed by atoms with Crippen molar-refractivity contribution in [2.24, 2.45) is 0 Å². The molecule has 1 heterocycles. The largest absolute Gasteiger partial charge is 0.497 e. The third-order valence-electron chi connectivity index (χ3n) is 3.10. The van der Waals surface area contributed by atoms with Crippen LogP contribution in [-0.2, 0) is 19.6 Å². The lowest BCUT2D eigenvalue weighted by Crippen LogP contribution is -2.60. The Hall–Kier alpha value is -1.27.